The lowest BCUT2D eigenvalue weighted by atomic mass is 10.1. The molecule has 1 saturated heterocycles. The Labute approximate surface area is 79.4 Å². The van der Waals surface area contributed by atoms with Crippen molar-refractivity contribution in [3.63, 3.8) is 0 Å². The van der Waals surface area contributed by atoms with E-state index in [1.54, 1.807) is 0 Å². The number of carbonyl (C=O) groups excluding carboxylic acids is 1. The van der Waals surface area contributed by atoms with E-state index in [1.165, 1.54) is 0 Å². The minimum absolute atomic E-state index is 0.0925. The Morgan fingerprint density at radius 1 is 1.54 bits per heavy atom. The topological polar surface area (TPSA) is 35.5 Å². The molecule has 13 heavy (non-hydrogen) atoms. The van der Waals surface area contributed by atoms with Crippen LogP contribution >= 0.6 is 0 Å². The lowest BCUT2D eigenvalue weighted by molar-refractivity contribution is -0.157. The second kappa shape index (κ2) is 4.09. The summed E-state index contributed by atoms with van der Waals surface area (Å²) in [4.78, 5) is 11.3. The van der Waals surface area contributed by atoms with Crippen LogP contribution in [-0.2, 0) is 14.3 Å². The predicted molar refractivity (Wildman–Crippen MR) is 49.4 cm³/mol. The van der Waals surface area contributed by atoms with Crippen LogP contribution in [0.4, 0.5) is 0 Å². The second-order valence-corrected chi connectivity index (χ2v) is 4.43. The van der Waals surface area contributed by atoms with Gasteiger partial charge in [0.1, 0.15) is 5.60 Å². The molecule has 1 atom stereocenters. The molecule has 1 aliphatic rings. The van der Waals surface area contributed by atoms with Gasteiger partial charge in [0.15, 0.2) is 0 Å². The van der Waals surface area contributed by atoms with Crippen LogP contribution in [0.15, 0.2) is 0 Å². The summed E-state index contributed by atoms with van der Waals surface area (Å²) in [5, 5.41) is 0. The zero-order chi connectivity index (χ0) is 9.90. The fourth-order valence-corrected chi connectivity index (χ4v) is 1.37. The van der Waals surface area contributed by atoms with Gasteiger partial charge in [-0.1, -0.05) is 0 Å². The first kappa shape index (κ1) is 10.5. The molecule has 0 aromatic carbocycles. The van der Waals surface area contributed by atoms with Gasteiger partial charge in [0, 0.05) is 6.61 Å². The summed E-state index contributed by atoms with van der Waals surface area (Å²) in [5.41, 5.74) is -0.379. The quantitative estimate of drug-likeness (QED) is 0.618. The van der Waals surface area contributed by atoms with Crippen LogP contribution in [0.1, 0.15) is 40.0 Å². The molecule has 1 aliphatic heterocycles. The molecule has 3 nitrogen and oxygen atoms in total. The molecule has 0 radical (unpaired) electrons. The number of esters is 1. The minimum atomic E-state index is -0.379. The molecule has 0 aliphatic carbocycles. The fourth-order valence-electron chi connectivity index (χ4n) is 1.37. The highest BCUT2D eigenvalue weighted by molar-refractivity contribution is 5.70. The van der Waals surface area contributed by atoms with Gasteiger partial charge in [-0.15, -0.1) is 0 Å². The smallest absolute Gasteiger partial charge is 0.308 e. The Hall–Kier alpha value is -0.570. The van der Waals surface area contributed by atoms with Gasteiger partial charge in [-0.05, 0) is 33.6 Å². The first-order chi connectivity index (χ1) is 5.97. The van der Waals surface area contributed by atoms with Gasteiger partial charge in [0.05, 0.1) is 12.5 Å². The zero-order valence-electron chi connectivity index (χ0n) is 8.63. The maximum absolute atomic E-state index is 11.3. The molecular weight excluding hydrogens is 168 g/mol. The van der Waals surface area contributed by atoms with E-state index in [1.807, 2.05) is 20.8 Å². The Balaban J connectivity index is 2.24. The van der Waals surface area contributed by atoms with Crippen molar-refractivity contribution in [1.82, 2.24) is 0 Å². The molecule has 0 saturated carbocycles. The summed E-state index contributed by atoms with van der Waals surface area (Å²) in [7, 11) is 0. The Kier molecular flexibility index (Phi) is 3.31. The van der Waals surface area contributed by atoms with E-state index in [9.17, 15) is 4.79 Å². The monoisotopic (exact) mass is 186 g/mol. The maximum atomic E-state index is 11.3. The summed E-state index contributed by atoms with van der Waals surface area (Å²) in [5.74, 6) is -0.153. The van der Waals surface area contributed by atoms with E-state index in [4.69, 9.17) is 9.47 Å². The van der Waals surface area contributed by atoms with Crippen LogP contribution in [-0.4, -0.2) is 24.3 Å². The van der Waals surface area contributed by atoms with E-state index in [0.717, 1.165) is 19.4 Å². The second-order valence-electron chi connectivity index (χ2n) is 4.43. The van der Waals surface area contributed by atoms with Gasteiger partial charge in [0.2, 0.25) is 0 Å². The van der Waals surface area contributed by atoms with E-state index in [-0.39, 0.29) is 17.7 Å². The number of carbonyl (C=O) groups is 1. The highest BCUT2D eigenvalue weighted by Crippen LogP contribution is 2.17. The van der Waals surface area contributed by atoms with Gasteiger partial charge >= 0.3 is 5.97 Å². The minimum Gasteiger partial charge on any atom is -0.460 e. The molecule has 1 rings (SSSR count). The lowest BCUT2D eigenvalue weighted by Gasteiger charge is -2.20. The number of hydrogen-bond donors (Lipinski definition) is 0. The van der Waals surface area contributed by atoms with Crippen LogP contribution < -0.4 is 0 Å². The van der Waals surface area contributed by atoms with Gasteiger partial charge in [-0.25, -0.2) is 0 Å². The Bertz CT molecular complexity index is 175. The van der Waals surface area contributed by atoms with Crippen LogP contribution in [0.25, 0.3) is 0 Å². The summed E-state index contributed by atoms with van der Waals surface area (Å²) in [6.45, 7) is 6.41. The summed E-state index contributed by atoms with van der Waals surface area (Å²) in [6.07, 6.45) is 2.54. The molecule has 0 spiro atoms. The molecule has 1 fully saturated rings. The van der Waals surface area contributed by atoms with Gasteiger partial charge in [-0.3, -0.25) is 4.79 Å². The summed E-state index contributed by atoms with van der Waals surface area (Å²) < 4.78 is 10.5. The van der Waals surface area contributed by atoms with Crippen molar-refractivity contribution < 1.29 is 14.3 Å². The molecular formula is C10H18O3. The molecule has 0 bridgehead atoms. The van der Waals surface area contributed by atoms with Crippen molar-refractivity contribution in [2.24, 2.45) is 0 Å². The first-order valence-electron chi connectivity index (χ1n) is 4.81. The average Bonchev–Trinajstić information content (AvgIpc) is 2.34. The molecule has 0 aromatic heterocycles. The Morgan fingerprint density at radius 3 is 2.69 bits per heavy atom. The molecule has 1 heterocycles. The first-order valence-corrected chi connectivity index (χ1v) is 4.81. The largest absolute Gasteiger partial charge is 0.460 e. The zero-order valence-corrected chi connectivity index (χ0v) is 8.63. The third kappa shape index (κ3) is 4.27. The molecule has 76 valence electrons. The molecule has 0 N–H and O–H groups in total. The van der Waals surface area contributed by atoms with Crippen LogP contribution in [0.2, 0.25) is 0 Å². The van der Waals surface area contributed by atoms with Gasteiger partial charge in [-0.2, -0.15) is 0 Å². The molecule has 0 aromatic rings. The highest BCUT2D eigenvalue weighted by Gasteiger charge is 2.23. The normalized spacial score (nSPS) is 23.2. The van der Waals surface area contributed by atoms with Crippen LogP contribution in [0.5, 0.6) is 0 Å². The third-order valence-corrected chi connectivity index (χ3v) is 1.84. The van der Waals surface area contributed by atoms with Crippen molar-refractivity contribution in [3.8, 4) is 0 Å². The average molecular weight is 186 g/mol. The van der Waals surface area contributed by atoms with Crippen LogP contribution in [0, 0.1) is 0 Å². The van der Waals surface area contributed by atoms with Crippen molar-refractivity contribution >= 4 is 5.97 Å². The number of hydrogen-bond acceptors (Lipinski definition) is 3. The van der Waals surface area contributed by atoms with E-state index in [2.05, 4.69) is 0 Å². The molecule has 0 amide bonds. The number of rotatable bonds is 2. The Morgan fingerprint density at radius 2 is 2.23 bits per heavy atom. The number of ether oxygens (including phenoxy) is 2. The van der Waals surface area contributed by atoms with Crippen molar-refractivity contribution in [3.05, 3.63) is 0 Å². The fraction of sp³-hybridized carbons (Fsp3) is 0.900. The summed E-state index contributed by atoms with van der Waals surface area (Å²) in [6, 6.07) is 0. The maximum Gasteiger partial charge on any atom is 0.308 e. The predicted octanol–water partition coefficient (Wildman–Crippen LogP) is 1.90. The standard InChI is InChI=1S/C10H18O3/c1-10(2,3)13-9(11)7-8-5-4-6-12-8/h8H,4-7H2,1-3H3. The van der Waals surface area contributed by atoms with Crippen molar-refractivity contribution in [2.75, 3.05) is 6.61 Å². The molecule has 1 unspecified atom stereocenters. The lowest BCUT2D eigenvalue weighted by Crippen LogP contribution is -2.26. The van der Waals surface area contributed by atoms with E-state index in [0.29, 0.717) is 6.42 Å². The SMILES string of the molecule is CC(C)(C)OC(=O)CC1CCCO1. The van der Waals surface area contributed by atoms with Crippen LogP contribution in [0.3, 0.4) is 0 Å². The third-order valence-electron chi connectivity index (χ3n) is 1.84. The van der Waals surface area contributed by atoms with E-state index >= 15 is 0 Å². The van der Waals surface area contributed by atoms with Gasteiger partial charge < -0.3 is 9.47 Å². The molecule has 3 heteroatoms. The van der Waals surface area contributed by atoms with Crippen molar-refractivity contribution in [1.29, 1.82) is 0 Å². The van der Waals surface area contributed by atoms with Crippen molar-refractivity contribution in [2.45, 2.75) is 51.7 Å². The van der Waals surface area contributed by atoms with E-state index < -0.39 is 0 Å². The summed E-state index contributed by atoms with van der Waals surface area (Å²) >= 11 is 0. The van der Waals surface area contributed by atoms with Gasteiger partial charge in [0.25, 0.3) is 0 Å². The highest BCUT2D eigenvalue weighted by atomic mass is 16.6.